The standard InChI is InChI=1S/C14H29NO3/c1-3-17-8-9-18-11-14(16)10-15-13-6-4-12(2)5-7-13/h12-16H,3-11H2,1-2H3. The summed E-state index contributed by atoms with van der Waals surface area (Å²) < 4.78 is 10.5. The summed E-state index contributed by atoms with van der Waals surface area (Å²) in [5, 5.41) is 13.2. The van der Waals surface area contributed by atoms with Gasteiger partial charge in [0.25, 0.3) is 0 Å². The van der Waals surface area contributed by atoms with E-state index in [1.807, 2.05) is 6.92 Å². The van der Waals surface area contributed by atoms with Crippen molar-refractivity contribution in [3.63, 3.8) is 0 Å². The van der Waals surface area contributed by atoms with E-state index in [4.69, 9.17) is 9.47 Å². The molecule has 1 atom stereocenters. The van der Waals surface area contributed by atoms with Crippen molar-refractivity contribution in [2.75, 3.05) is 33.0 Å². The number of hydrogen-bond acceptors (Lipinski definition) is 4. The van der Waals surface area contributed by atoms with Crippen LogP contribution in [0.15, 0.2) is 0 Å². The molecule has 0 radical (unpaired) electrons. The summed E-state index contributed by atoms with van der Waals surface area (Å²) in [6.07, 6.45) is 4.67. The highest BCUT2D eigenvalue weighted by molar-refractivity contribution is 4.76. The Balaban J connectivity index is 1.94. The highest BCUT2D eigenvalue weighted by Gasteiger charge is 2.18. The zero-order valence-electron chi connectivity index (χ0n) is 11.9. The topological polar surface area (TPSA) is 50.7 Å². The summed E-state index contributed by atoms with van der Waals surface area (Å²) in [5.74, 6) is 0.870. The lowest BCUT2D eigenvalue weighted by Crippen LogP contribution is -2.39. The van der Waals surface area contributed by atoms with Gasteiger partial charge in [0, 0.05) is 19.2 Å². The first-order valence-electron chi connectivity index (χ1n) is 7.29. The molecule has 4 nitrogen and oxygen atoms in total. The normalized spacial score (nSPS) is 26.2. The summed E-state index contributed by atoms with van der Waals surface area (Å²) in [7, 11) is 0. The van der Waals surface area contributed by atoms with E-state index in [2.05, 4.69) is 12.2 Å². The van der Waals surface area contributed by atoms with Crippen molar-refractivity contribution in [3.05, 3.63) is 0 Å². The molecule has 2 N–H and O–H groups in total. The Morgan fingerprint density at radius 2 is 1.83 bits per heavy atom. The lowest BCUT2D eigenvalue weighted by atomic mass is 9.87. The second-order valence-electron chi connectivity index (χ2n) is 5.29. The average Bonchev–Trinajstić information content (AvgIpc) is 2.38. The van der Waals surface area contributed by atoms with Gasteiger partial charge in [-0.2, -0.15) is 0 Å². The van der Waals surface area contributed by atoms with Gasteiger partial charge in [0.2, 0.25) is 0 Å². The van der Waals surface area contributed by atoms with E-state index in [9.17, 15) is 5.11 Å². The zero-order chi connectivity index (χ0) is 13.2. The average molecular weight is 259 g/mol. The quantitative estimate of drug-likeness (QED) is 0.617. The largest absolute Gasteiger partial charge is 0.389 e. The minimum atomic E-state index is -0.411. The van der Waals surface area contributed by atoms with Crippen LogP contribution in [0.1, 0.15) is 39.5 Å². The maximum absolute atomic E-state index is 9.76. The van der Waals surface area contributed by atoms with Crippen LogP contribution in [0.3, 0.4) is 0 Å². The number of nitrogens with one attached hydrogen (secondary N) is 1. The molecule has 1 aliphatic carbocycles. The van der Waals surface area contributed by atoms with Crippen molar-refractivity contribution in [1.82, 2.24) is 5.32 Å². The maximum Gasteiger partial charge on any atom is 0.0897 e. The minimum Gasteiger partial charge on any atom is -0.389 e. The first-order valence-corrected chi connectivity index (χ1v) is 7.29. The minimum absolute atomic E-state index is 0.392. The van der Waals surface area contributed by atoms with Crippen LogP contribution in [-0.4, -0.2) is 50.2 Å². The van der Waals surface area contributed by atoms with Crippen LogP contribution >= 0.6 is 0 Å². The van der Waals surface area contributed by atoms with Crippen molar-refractivity contribution in [3.8, 4) is 0 Å². The molecular formula is C14H29NO3. The monoisotopic (exact) mass is 259 g/mol. The van der Waals surface area contributed by atoms with Crippen molar-refractivity contribution in [2.24, 2.45) is 5.92 Å². The molecule has 1 unspecified atom stereocenters. The molecule has 0 aromatic carbocycles. The third kappa shape index (κ3) is 7.31. The fourth-order valence-corrected chi connectivity index (χ4v) is 2.31. The number of aliphatic hydroxyl groups excluding tert-OH is 1. The van der Waals surface area contributed by atoms with Gasteiger partial charge in [-0.1, -0.05) is 6.92 Å². The molecule has 4 heteroatoms. The van der Waals surface area contributed by atoms with E-state index in [1.165, 1.54) is 25.7 Å². The van der Waals surface area contributed by atoms with Crippen LogP contribution in [0.2, 0.25) is 0 Å². The Morgan fingerprint density at radius 3 is 2.50 bits per heavy atom. The smallest absolute Gasteiger partial charge is 0.0897 e. The van der Waals surface area contributed by atoms with Gasteiger partial charge in [0.05, 0.1) is 25.9 Å². The summed E-state index contributed by atoms with van der Waals surface area (Å²) in [5.41, 5.74) is 0. The summed E-state index contributed by atoms with van der Waals surface area (Å²) in [4.78, 5) is 0. The molecule has 1 aliphatic rings. The van der Waals surface area contributed by atoms with Crippen LogP contribution in [0.25, 0.3) is 0 Å². The van der Waals surface area contributed by atoms with Gasteiger partial charge in [-0.25, -0.2) is 0 Å². The van der Waals surface area contributed by atoms with Crippen LogP contribution in [-0.2, 0) is 9.47 Å². The molecule has 0 aliphatic heterocycles. The summed E-state index contributed by atoms with van der Waals surface area (Å²) >= 11 is 0. The number of aliphatic hydroxyl groups is 1. The molecule has 108 valence electrons. The highest BCUT2D eigenvalue weighted by Crippen LogP contribution is 2.23. The fourth-order valence-electron chi connectivity index (χ4n) is 2.31. The Labute approximate surface area is 111 Å². The van der Waals surface area contributed by atoms with Crippen LogP contribution < -0.4 is 5.32 Å². The molecule has 0 saturated heterocycles. The van der Waals surface area contributed by atoms with Crippen LogP contribution in [0, 0.1) is 5.92 Å². The maximum atomic E-state index is 9.76. The van der Waals surface area contributed by atoms with E-state index in [0.717, 1.165) is 5.92 Å². The van der Waals surface area contributed by atoms with Gasteiger partial charge in [-0.15, -0.1) is 0 Å². The predicted molar refractivity (Wildman–Crippen MR) is 72.7 cm³/mol. The molecule has 0 heterocycles. The Morgan fingerprint density at radius 1 is 1.17 bits per heavy atom. The van der Waals surface area contributed by atoms with Gasteiger partial charge in [0.1, 0.15) is 0 Å². The van der Waals surface area contributed by atoms with Crippen molar-refractivity contribution < 1.29 is 14.6 Å². The number of ether oxygens (including phenoxy) is 2. The number of rotatable bonds is 9. The Hall–Kier alpha value is -0.160. The van der Waals surface area contributed by atoms with Crippen molar-refractivity contribution in [2.45, 2.75) is 51.7 Å². The lowest BCUT2D eigenvalue weighted by molar-refractivity contribution is 0.00527. The van der Waals surface area contributed by atoms with E-state index in [0.29, 0.717) is 39.0 Å². The molecule has 0 aromatic rings. The predicted octanol–water partition coefficient (Wildman–Crippen LogP) is 1.57. The number of hydrogen-bond donors (Lipinski definition) is 2. The van der Waals surface area contributed by atoms with Gasteiger partial charge in [-0.3, -0.25) is 0 Å². The van der Waals surface area contributed by atoms with Gasteiger partial charge >= 0.3 is 0 Å². The molecule has 0 spiro atoms. The molecule has 1 saturated carbocycles. The van der Waals surface area contributed by atoms with Crippen LogP contribution in [0.4, 0.5) is 0 Å². The molecule has 1 fully saturated rings. The van der Waals surface area contributed by atoms with E-state index in [1.54, 1.807) is 0 Å². The summed E-state index contributed by atoms with van der Waals surface area (Å²) in [6, 6.07) is 0.583. The third-order valence-electron chi connectivity index (χ3n) is 3.54. The fraction of sp³-hybridized carbons (Fsp3) is 1.00. The van der Waals surface area contributed by atoms with Gasteiger partial charge in [-0.05, 0) is 38.5 Å². The molecular weight excluding hydrogens is 230 g/mol. The molecule has 0 amide bonds. The van der Waals surface area contributed by atoms with E-state index >= 15 is 0 Å². The van der Waals surface area contributed by atoms with Crippen molar-refractivity contribution in [1.29, 1.82) is 0 Å². The van der Waals surface area contributed by atoms with E-state index < -0.39 is 6.10 Å². The Kier molecular flexibility index (Phi) is 8.59. The van der Waals surface area contributed by atoms with Gasteiger partial charge in [0.15, 0.2) is 0 Å². The first kappa shape index (κ1) is 15.9. The van der Waals surface area contributed by atoms with Crippen molar-refractivity contribution >= 4 is 0 Å². The molecule has 1 rings (SSSR count). The zero-order valence-corrected chi connectivity index (χ0v) is 11.9. The SMILES string of the molecule is CCOCCOCC(O)CNC1CCC(C)CC1. The molecule has 0 aromatic heterocycles. The highest BCUT2D eigenvalue weighted by atomic mass is 16.5. The van der Waals surface area contributed by atoms with Gasteiger partial charge < -0.3 is 19.9 Å². The summed E-state index contributed by atoms with van der Waals surface area (Å²) in [6.45, 7) is 7.19. The Bertz CT molecular complexity index is 193. The lowest BCUT2D eigenvalue weighted by Gasteiger charge is -2.27. The van der Waals surface area contributed by atoms with Crippen LogP contribution in [0.5, 0.6) is 0 Å². The second kappa shape index (κ2) is 9.73. The first-order chi connectivity index (χ1) is 8.72. The van der Waals surface area contributed by atoms with E-state index in [-0.39, 0.29) is 0 Å². The molecule has 18 heavy (non-hydrogen) atoms. The second-order valence-corrected chi connectivity index (χ2v) is 5.29. The molecule has 0 bridgehead atoms. The third-order valence-corrected chi connectivity index (χ3v) is 3.54.